The van der Waals surface area contributed by atoms with Crippen molar-refractivity contribution in [3.05, 3.63) is 34.0 Å². The van der Waals surface area contributed by atoms with Crippen LogP contribution in [-0.4, -0.2) is 17.9 Å². The number of hydrogen-bond donors (Lipinski definition) is 0. The van der Waals surface area contributed by atoms with Gasteiger partial charge in [-0.15, -0.1) is 0 Å². The van der Waals surface area contributed by atoms with Gasteiger partial charge in [-0.2, -0.15) is 0 Å². The molecule has 3 nitrogen and oxygen atoms in total. The Bertz CT molecular complexity index is 694. The number of methoxy groups -OCH3 is 1. The summed E-state index contributed by atoms with van der Waals surface area (Å²) in [6.07, 6.45) is 2.24. The summed E-state index contributed by atoms with van der Waals surface area (Å²) in [6, 6.07) is 3.86. The summed E-state index contributed by atoms with van der Waals surface area (Å²) in [7, 11) is 1.63. The van der Waals surface area contributed by atoms with E-state index in [4.69, 9.17) is 16.3 Å². The van der Waals surface area contributed by atoms with Crippen LogP contribution in [0, 0.1) is 6.92 Å². The van der Waals surface area contributed by atoms with E-state index in [1.807, 2.05) is 19.1 Å². The Kier molecular flexibility index (Phi) is 2.94. The van der Waals surface area contributed by atoms with Gasteiger partial charge in [0, 0.05) is 17.4 Å². The highest BCUT2D eigenvalue weighted by molar-refractivity contribution is 6.35. The second kappa shape index (κ2) is 4.49. The molecule has 0 atom stereocenters. The second-order valence-corrected chi connectivity index (χ2v) is 5.30. The standard InChI is InChI=1S/C15H14ClNO2/c1-8-6-10-13(11(16)7-8)17-14-9(15(10)19-2)4-3-5-12(14)18/h6-7H,3-5H2,1-2H3. The van der Waals surface area contributed by atoms with Crippen LogP contribution in [-0.2, 0) is 6.42 Å². The van der Waals surface area contributed by atoms with Crippen LogP contribution in [0.1, 0.15) is 34.5 Å². The maximum atomic E-state index is 12.0. The lowest BCUT2D eigenvalue weighted by Gasteiger charge is -2.19. The summed E-state index contributed by atoms with van der Waals surface area (Å²) in [5.41, 5.74) is 3.16. The van der Waals surface area contributed by atoms with Gasteiger partial charge < -0.3 is 4.74 Å². The normalized spacial score (nSPS) is 14.6. The third-order valence-corrected chi connectivity index (χ3v) is 3.82. The highest BCUT2D eigenvalue weighted by Gasteiger charge is 2.25. The van der Waals surface area contributed by atoms with Crippen molar-refractivity contribution in [3.8, 4) is 5.75 Å². The first-order chi connectivity index (χ1) is 9.11. The van der Waals surface area contributed by atoms with Crippen molar-refractivity contribution >= 4 is 28.3 Å². The van der Waals surface area contributed by atoms with E-state index in [1.54, 1.807) is 7.11 Å². The molecule has 1 heterocycles. The molecule has 0 spiro atoms. The van der Waals surface area contributed by atoms with Crippen molar-refractivity contribution in [2.75, 3.05) is 7.11 Å². The number of hydrogen-bond acceptors (Lipinski definition) is 3. The number of ketones is 1. The predicted molar refractivity (Wildman–Crippen MR) is 75.3 cm³/mol. The number of Topliss-reactive ketones (excluding diaryl/α,β-unsaturated/α-hetero) is 1. The van der Waals surface area contributed by atoms with Crippen LogP contribution in [0.3, 0.4) is 0 Å². The molecule has 4 heteroatoms. The zero-order chi connectivity index (χ0) is 13.6. The molecule has 0 radical (unpaired) electrons. The lowest BCUT2D eigenvalue weighted by molar-refractivity contribution is 0.0967. The molecule has 0 aliphatic heterocycles. The van der Waals surface area contributed by atoms with Crippen LogP contribution in [0.15, 0.2) is 12.1 Å². The van der Waals surface area contributed by atoms with Crippen molar-refractivity contribution in [1.82, 2.24) is 4.98 Å². The fourth-order valence-electron chi connectivity index (χ4n) is 2.71. The number of halogens is 1. The third-order valence-electron chi connectivity index (χ3n) is 3.53. The van der Waals surface area contributed by atoms with Gasteiger partial charge in [0.05, 0.1) is 17.6 Å². The maximum absolute atomic E-state index is 12.0. The number of carbonyl (C=O) groups is 1. The van der Waals surface area contributed by atoms with Gasteiger partial charge in [-0.05, 0) is 37.5 Å². The molecule has 0 saturated carbocycles. The van der Waals surface area contributed by atoms with Crippen molar-refractivity contribution in [2.24, 2.45) is 0 Å². The van der Waals surface area contributed by atoms with E-state index in [-0.39, 0.29) is 5.78 Å². The van der Waals surface area contributed by atoms with Gasteiger partial charge in [0.15, 0.2) is 5.78 Å². The summed E-state index contributed by atoms with van der Waals surface area (Å²) in [5, 5.41) is 1.45. The molecule has 0 N–H and O–H groups in total. The summed E-state index contributed by atoms with van der Waals surface area (Å²) in [4.78, 5) is 16.5. The Balaban J connectivity index is 2.44. The summed E-state index contributed by atoms with van der Waals surface area (Å²) >= 11 is 6.25. The van der Waals surface area contributed by atoms with E-state index in [0.29, 0.717) is 22.7 Å². The third kappa shape index (κ3) is 1.89. The van der Waals surface area contributed by atoms with Gasteiger partial charge in [0.25, 0.3) is 0 Å². The van der Waals surface area contributed by atoms with Crippen molar-refractivity contribution in [3.63, 3.8) is 0 Å². The second-order valence-electron chi connectivity index (χ2n) is 4.89. The van der Waals surface area contributed by atoms with Crippen molar-refractivity contribution < 1.29 is 9.53 Å². The molecule has 98 valence electrons. The summed E-state index contributed by atoms with van der Waals surface area (Å²) in [6.45, 7) is 1.98. The van der Waals surface area contributed by atoms with Crippen LogP contribution < -0.4 is 4.74 Å². The smallest absolute Gasteiger partial charge is 0.181 e. The minimum absolute atomic E-state index is 0.0816. The Morgan fingerprint density at radius 3 is 2.84 bits per heavy atom. The van der Waals surface area contributed by atoms with E-state index < -0.39 is 0 Å². The van der Waals surface area contributed by atoms with E-state index in [1.165, 1.54) is 0 Å². The molecule has 2 aromatic rings. The SMILES string of the molecule is COc1c2c(nc3c(Cl)cc(C)cc13)C(=O)CCC2. The van der Waals surface area contributed by atoms with Crippen LogP contribution in [0.5, 0.6) is 5.75 Å². The lowest BCUT2D eigenvalue weighted by Crippen LogP contribution is -2.14. The zero-order valence-electron chi connectivity index (χ0n) is 10.9. The number of nitrogens with zero attached hydrogens (tertiary/aromatic N) is 1. The molecule has 1 aromatic heterocycles. The first kappa shape index (κ1) is 12.4. The molecule has 0 bridgehead atoms. The van der Waals surface area contributed by atoms with Gasteiger partial charge in [0.1, 0.15) is 11.4 Å². The molecular formula is C15H14ClNO2. The number of ether oxygens (including phenoxy) is 1. The number of aryl methyl sites for hydroxylation is 1. The van der Waals surface area contributed by atoms with E-state index in [0.717, 1.165) is 35.1 Å². The fourth-order valence-corrected chi connectivity index (χ4v) is 3.03. The molecule has 0 saturated heterocycles. The quantitative estimate of drug-likeness (QED) is 0.796. The summed E-state index contributed by atoms with van der Waals surface area (Å²) in [5.74, 6) is 0.830. The van der Waals surface area contributed by atoms with Gasteiger partial charge in [-0.25, -0.2) is 4.98 Å². The number of carbonyl (C=O) groups excluding carboxylic acids is 1. The highest BCUT2D eigenvalue weighted by Crippen LogP contribution is 2.37. The minimum Gasteiger partial charge on any atom is -0.496 e. The van der Waals surface area contributed by atoms with Gasteiger partial charge in [-0.1, -0.05) is 11.6 Å². The Morgan fingerprint density at radius 1 is 1.32 bits per heavy atom. The summed E-state index contributed by atoms with van der Waals surface area (Å²) < 4.78 is 5.53. The number of aromatic nitrogens is 1. The molecule has 3 rings (SSSR count). The number of benzene rings is 1. The largest absolute Gasteiger partial charge is 0.496 e. The highest BCUT2D eigenvalue weighted by atomic mass is 35.5. The molecule has 0 unspecified atom stereocenters. The Labute approximate surface area is 116 Å². The maximum Gasteiger partial charge on any atom is 0.181 e. The number of fused-ring (bicyclic) bond motifs is 2. The Hall–Kier alpha value is -1.61. The number of pyridine rings is 1. The van der Waals surface area contributed by atoms with Crippen LogP contribution in [0.4, 0.5) is 0 Å². The average Bonchev–Trinajstić information content (AvgIpc) is 2.37. The monoisotopic (exact) mass is 275 g/mol. The number of rotatable bonds is 1. The molecule has 1 aliphatic carbocycles. The van der Waals surface area contributed by atoms with Gasteiger partial charge in [-0.3, -0.25) is 4.79 Å². The van der Waals surface area contributed by atoms with Gasteiger partial charge >= 0.3 is 0 Å². The van der Waals surface area contributed by atoms with Crippen molar-refractivity contribution in [2.45, 2.75) is 26.2 Å². The first-order valence-corrected chi connectivity index (χ1v) is 6.69. The zero-order valence-corrected chi connectivity index (χ0v) is 11.7. The predicted octanol–water partition coefficient (Wildman–Crippen LogP) is 3.72. The lowest BCUT2D eigenvalue weighted by atomic mass is 9.92. The molecule has 0 fully saturated rings. The fraction of sp³-hybridized carbons (Fsp3) is 0.333. The van der Waals surface area contributed by atoms with E-state index >= 15 is 0 Å². The first-order valence-electron chi connectivity index (χ1n) is 6.31. The topological polar surface area (TPSA) is 39.2 Å². The molecule has 19 heavy (non-hydrogen) atoms. The van der Waals surface area contributed by atoms with Crippen LogP contribution in [0.2, 0.25) is 5.02 Å². The van der Waals surface area contributed by atoms with Crippen molar-refractivity contribution in [1.29, 1.82) is 0 Å². The van der Waals surface area contributed by atoms with Crippen LogP contribution >= 0.6 is 11.6 Å². The minimum atomic E-state index is 0.0816. The van der Waals surface area contributed by atoms with E-state index in [9.17, 15) is 4.79 Å². The van der Waals surface area contributed by atoms with E-state index in [2.05, 4.69) is 4.98 Å². The molecule has 1 aliphatic rings. The molecular weight excluding hydrogens is 262 g/mol. The Morgan fingerprint density at radius 2 is 2.11 bits per heavy atom. The van der Waals surface area contributed by atoms with Gasteiger partial charge in [0.2, 0.25) is 0 Å². The van der Waals surface area contributed by atoms with Crippen LogP contribution in [0.25, 0.3) is 10.9 Å². The molecule has 0 amide bonds. The average molecular weight is 276 g/mol. The molecule has 1 aromatic carbocycles.